The summed E-state index contributed by atoms with van der Waals surface area (Å²) in [5.41, 5.74) is 3.58. The van der Waals surface area contributed by atoms with E-state index in [4.69, 9.17) is 4.42 Å². The van der Waals surface area contributed by atoms with Gasteiger partial charge >= 0.3 is 0 Å². The molecular formula is C22H24F2N4O. The van der Waals surface area contributed by atoms with Crippen LogP contribution in [0.25, 0.3) is 11.5 Å². The van der Waals surface area contributed by atoms with Crippen molar-refractivity contribution in [2.45, 2.75) is 19.8 Å². The molecule has 29 heavy (non-hydrogen) atoms. The Labute approximate surface area is 168 Å². The minimum absolute atomic E-state index is 0.216. The second kappa shape index (κ2) is 9.82. The number of oxazole rings is 1. The Bertz CT molecular complexity index is 967. The van der Waals surface area contributed by atoms with Gasteiger partial charge in [-0.05, 0) is 60.9 Å². The maximum Gasteiger partial charge on any atom is 0.226 e. The smallest absolute Gasteiger partial charge is 0.226 e. The van der Waals surface area contributed by atoms with Crippen LogP contribution in [-0.4, -0.2) is 31.1 Å². The fourth-order valence-corrected chi connectivity index (χ4v) is 2.93. The highest BCUT2D eigenvalue weighted by atomic mass is 19.1. The predicted octanol–water partition coefficient (Wildman–Crippen LogP) is 3.88. The molecule has 0 unspecified atom stereocenters. The van der Waals surface area contributed by atoms with Crippen LogP contribution in [0.3, 0.4) is 0 Å². The van der Waals surface area contributed by atoms with Crippen LogP contribution in [0.4, 0.5) is 8.78 Å². The Morgan fingerprint density at radius 2 is 1.69 bits per heavy atom. The number of guanidine groups is 1. The van der Waals surface area contributed by atoms with E-state index in [2.05, 4.69) is 20.6 Å². The monoisotopic (exact) mass is 398 g/mol. The van der Waals surface area contributed by atoms with Crippen LogP contribution >= 0.6 is 0 Å². The van der Waals surface area contributed by atoms with Gasteiger partial charge in [0.25, 0.3) is 0 Å². The molecule has 0 atom stereocenters. The zero-order valence-electron chi connectivity index (χ0n) is 16.5. The molecule has 0 fully saturated rings. The number of aryl methyl sites for hydroxylation is 1. The standard InChI is InChI=1S/C22H24F2N4O/c1-15-13-19(24)8-3-16(15)9-11-26-22(25-2)27-12-10-20-14-29-21(28-20)17-4-6-18(23)7-5-17/h3-8,13-14H,9-12H2,1-2H3,(H2,25,26,27). The first-order valence-corrected chi connectivity index (χ1v) is 9.45. The SMILES string of the molecule is CN=C(NCCc1coc(-c2ccc(F)cc2)n1)NCCc1ccc(F)cc1C. The van der Waals surface area contributed by atoms with Gasteiger partial charge in [-0.25, -0.2) is 13.8 Å². The number of halogens is 2. The number of benzene rings is 2. The third kappa shape index (κ3) is 5.88. The molecular weight excluding hydrogens is 374 g/mol. The molecule has 152 valence electrons. The number of aromatic nitrogens is 1. The Kier molecular flexibility index (Phi) is 6.94. The van der Waals surface area contributed by atoms with Gasteiger partial charge in [0, 0.05) is 32.1 Å². The van der Waals surface area contributed by atoms with E-state index < -0.39 is 0 Å². The van der Waals surface area contributed by atoms with E-state index in [0.29, 0.717) is 31.4 Å². The lowest BCUT2D eigenvalue weighted by atomic mass is 10.1. The van der Waals surface area contributed by atoms with Crippen molar-refractivity contribution in [2.75, 3.05) is 20.1 Å². The third-order valence-electron chi connectivity index (χ3n) is 4.53. The second-order valence-electron chi connectivity index (χ2n) is 6.65. The second-order valence-corrected chi connectivity index (χ2v) is 6.65. The molecule has 5 nitrogen and oxygen atoms in total. The van der Waals surface area contributed by atoms with Crippen LogP contribution in [0.5, 0.6) is 0 Å². The summed E-state index contributed by atoms with van der Waals surface area (Å²) in [6, 6.07) is 10.9. The van der Waals surface area contributed by atoms with Gasteiger partial charge in [0.05, 0.1) is 5.69 Å². The van der Waals surface area contributed by atoms with Crippen molar-refractivity contribution < 1.29 is 13.2 Å². The van der Waals surface area contributed by atoms with Crippen LogP contribution in [0, 0.1) is 18.6 Å². The minimum atomic E-state index is -0.293. The van der Waals surface area contributed by atoms with Gasteiger partial charge in [-0.15, -0.1) is 0 Å². The van der Waals surface area contributed by atoms with E-state index in [-0.39, 0.29) is 11.6 Å². The molecule has 0 aliphatic rings. The molecule has 0 radical (unpaired) electrons. The van der Waals surface area contributed by atoms with E-state index in [9.17, 15) is 8.78 Å². The zero-order chi connectivity index (χ0) is 20.6. The van der Waals surface area contributed by atoms with Gasteiger partial charge in [-0.3, -0.25) is 4.99 Å². The maximum atomic E-state index is 13.2. The number of aliphatic imine (C=N–C) groups is 1. The highest BCUT2D eigenvalue weighted by molar-refractivity contribution is 5.79. The van der Waals surface area contributed by atoms with Crippen molar-refractivity contribution in [1.29, 1.82) is 0 Å². The van der Waals surface area contributed by atoms with Crippen molar-refractivity contribution in [2.24, 2.45) is 4.99 Å². The lowest BCUT2D eigenvalue weighted by molar-refractivity contribution is 0.571. The normalized spacial score (nSPS) is 11.5. The van der Waals surface area contributed by atoms with Crippen LogP contribution < -0.4 is 10.6 Å². The summed E-state index contributed by atoms with van der Waals surface area (Å²) in [5.74, 6) is 0.648. The average molecular weight is 398 g/mol. The van der Waals surface area contributed by atoms with Gasteiger partial charge in [-0.1, -0.05) is 6.07 Å². The van der Waals surface area contributed by atoms with E-state index >= 15 is 0 Å². The first-order valence-electron chi connectivity index (χ1n) is 9.45. The highest BCUT2D eigenvalue weighted by Crippen LogP contribution is 2.19. The summed E-state index contributed by atoms with van der Waals surface area (Å²) >= 11 is 0. The molecule has 0 spiro atoms. The van der Waals surface area contributed by atoms with Crippen LogP contribution in [0.1, 0.15) is 16.8 Å². The average Bonchev–Trinajstić information content (AvgIpc) is 3.18. The highest BCUT2D eigenvalue weighted by Gasteiger charge is 2.07. The Morgan fingerprint density at radius 3 is 2.38 bits per heavy atom. The van der Waals surface area contributed by atoms with Gasteiger partial charge in [0.1, 0.15) is 17.9 Å². The first kappa shape index (κ1) is 20.5. The minimum Gasteiger partial charge on any atom is -0.444 e. The fourth-order valence-electron chi connectivity index (χ4n) is 2.93. The summed E-state index contributed by atoms with van der Waals surface area (Å²) < 4.78 is 31.7. The van der Waals surface area contributed by atoms with E-state index in [1.807, 2.05) is 13.0 Å². The molecule has 1 heterocycles. The Morgan fingerprint density at radius 1 is 1.00 bits per heavy atom. The van der Waals surface area contributed by atoms with Crippen LogP contribution in [0.15, 0.2) is 58.1 Å². The lowest BCUT2D eigenvalue weighted by Gasteiger charge is -2.12. The predicted molar refractivity (Wildman–Crippen MR) is 110 cm³/mol. The molecule has 3 aromatic rings. The summed E-state index contributed by atoms with van der Waals surface area (Å²) in [7, 11) is 1.71. The number of hydrogen-bond acceptors (Lipinski definition) is 3. The van der Waals surface area contributed by atoms with E-state index in [1.54, 1.807) is 31.5 Å². The zero-order valence-corrected chi connectivity index (χ0v) is 16.5. The topological polar surface area (TPSA) is 62.5 Å². The largest absolute Gasteiger partial charge is 0.444 e. The first-order chi connectivity index (χ1) is 14.0. The van der Waals surface area contributed by atoms with Gasteiger partial charge in [0.15, 0.2) is 5.96 Å². The maximum absolute atomic E-state index is 13.2. The molecule has 7 heteroatoms. The summed E-state index contributed by atoms with van der Waals surface area (Å²) in [4.78, 5) is 8.63. The molecule has 0 bridgehead atoms. The van der Waals surface area contributed by atoms with Crippen LogP contribution in [-0.2, 0) is 12.8 Å². The van der Waals surface area contributed by atoms with Gasteiger partial charge < -0.3 is 15.1 Å². The van der Waals surface area contributed by atoms with Crippen molar-refractivity contribution in [3.05, 3.63) is 77.2 Å². The van der Waals surface area contributed by atoms with Crippen molar-refractivity contribution >= 4 is 5.96 Å². The number of rotatable bonds is 7. The summed E-state index contributed by atoms with van der Waals surface area (Å²) in [6.45, 7) is 3.22. The molecule has 2 N–H and O–H groups in total. The number of hydrogen-bond donors (Lipinski definition) is 2. The van der Waals surface area contributed by atoms with Crippen molar-refractivity contribution in [1.82, 2.24) is 15.6 Å². The molecule has 0 amide bonds. The number of nitrogens with zero attached hydrogens (tertiary/aromatic N) is 2. The molecule has 0 saturated heterocycles. The van der Waals surface area contributed by atoms with E-state index in [0.717, 1.165) is 28.8 Å². The molecule has 0 aliphatic heterocycles. The van der Waals surface area contributed by atoms with Crippen molar-refractivity contribution in [3.8, 4) is 11.5 Å². The van der Waals surface area contributed by atoms with Gasteiger partial charge in [0.2, 0.25) is 5.89 Å². The lowest BCUT2D eigenvalue weighted by Crippen LogP contribution is -2.39. The van der Waals surface area contributed by atoms with Crippen molar-refractivity contribution in [3.63, 3.8) is 0 Å². The van der Waals surface area contributed by atoms with E-state index in [1.165, 1.54) is 18.2 Å². The quantitative estimate of drug-likeness (QED) is 0.468. The third-order valence-corrected chi connectivity index (χ3v) is 4.53. The fraction of sp³-hybridized carbons (Fsp3) is 0.273. The molecule has 0 saturated carbocycles. The van der Waals surface area contributed by atoms with Crippen LogP contribution in [0.2, 0.25) is 0 Å². The molecule has 2 aromatic carbocycles. The Balaban J connectivity index is 1.43. The summed E-state index contributed by atoms with van der Waals surface area (Å²) in [5, 5.41) is 6.48. The number of nitrogens with one attached hydrogen (secondary N) is 2. The Hall–Kier alpha value is -3.22. The molecule has 1 aromatic heterocycles. The molecule has 3 rings (SSSR count). The summed E-state index contributed by atoms with van der Waals surface area (Å²) in [6.07, 6.45) is 3.04. The van der Waals surface area contributed by atoms with Gasteiger partial charge in [-0.2, -0.15) is 0 Å². The molecule has 0 aliphatic carbocycles.